The summed E-state index contributed by atoms with van der Waals surface area (Å²) in [6.07, 6.45) is 3.88. The number of carbonyl (C=O) groups excluding carboxylic acids is 1. The van der Waals surface area contributed by atoms with E-state index < -0.39 is 0 Å². The van der Waals surface area contributed by atoms with Crippen molar-refractivity contribution in [3.8, 4) is 5.75 Å². The number of hydrogen-bond acceptors (Lipinski definition) is 3. The van der Waals surface area contributed by atoms with Crippen LogP contribution in [0.2, 0.25) is 0 Å². The second kappa shape index (κ2) is 11.2. The molecule has 2 aromatic rings. The smallest absolute Gasteiger partial charge is 0.251 e. The molecule has 2 aromatic carbocycles. The van der Waals surface area contributed by atoms with E-state index in [1.54, 1.807) is 0 Å². The molecule has 0 aromatic heterocycles. The number of rotatable bonds is 7. The van der Waals surface area contributed by atoms with E-state index >= 15 is 0 Å². The van der Waals surface area contributed by atoms with E-state index in [9.17, 15) is 4.79 Å². The fraction of sp³-hybridized carbons (Fsp3) is 0.458. The number of likely N-dealkylation sites (tertiary alicyclic amines) is 1. The summed E-state index contributed by atoms with van der Waals surface area (Å²) >= 11 is 0. The lowest BCUT2D eigenvalue weighted by Gasteiger charge is -2.35. The van der Waals surface area contributed by atoms with E-state index in [1.807, 2.05) is 38.1 Å². The van der Waals surface area contributed by atoms with Gasteiger partial charge >= 0.3 is 0 Å². The Hall–Kier alpha value is -2.04. The largest absolute Gasteiger partial charge is 0.491 e. The number of halogens is 1. The second-order valence-electron chi connectivity index (χ2n) is 7.92. The molecular weight excluding hydrogens is 384 g/mol. The highest BCUT2D eigenvalue weighted by atomic mass is 35.5. The number of hydrogen-bond donors (Lipinski definition) is 1. The first-order valence-electron chi connectivity index (χ1n) is 10.4. The third kappa shape index (κ3) is 6.76. The Morgan fingerprint density at radius 3 is 2.21 bits per heavy atom. The number of nitrogens with zero attached hydrogens (tertiary/aromatic N) is 1. The van der Waals surface area contributed by atoms with Crippen molar-refractivity contribution in [3.05, 3.63) is 65.2 Å². The first-order valence-corrected chi connectivity index (χ1v) is 10.4. The van der Waals surface area contributed by atoms with Crippen LogP contribution in [-0.2, 0) is 0 Å². The van der Waals surface area contributed by atoms with Crippen LogP contribution in [0.1, 0.15) is 60.6 Å². The van der Waals surface area contributed by atoms with E-state index in [0.717, 1.165) is 18.8 Å². The Morgan fingerprint density at radius 2 is 1.62 bits per heavy atom. The second-order valence-corrected chi connectivity index (χ2v) is 7.92. The van der Waals surface area contributed by atoms with E-state index in [1.165, 1.54) is 30.4 Å². The molecule has 3 rings (SSSR count). The third-order valence-corrected chi connectivity index (χ3v) is 5.24. The summed E-state index contributed by atoms with van der Waals surface area (Å²) < 4.78 is 5.66. The summed E-state index contributed by atoms with van der Waals surface area (Å²) in [6, 6.07) is 16.3. The summed E-state index contributed by atoms with van der Waals surface area (Å²) in [6.45, 7) is 8.89. The zero-order valence-electron chi connectivity index (χ0n) is 17.7. The minimum Gasteiger partial charge on any atom is -0.491 e. The van der Waals surface area contributed by atoms with Crippen LogP contribution in [-0.4, -0.2) is 36.5 Å². The van der Waals surface area contributed by atoms with E-state index in [2.05, 4.69) is 41.4 Å². The SMILES string of the molecule is Cc1ccc(C(CNC(=O)c2ccc(OC(C)C)cc2)N2CCCCC2)cc1.Cl. The molecule has 0 aliphatic carbocycles. The zero-order chi connectivity index (χ0) is 19.9. The standard InChI is InChI=1S/C24H32N2O2.ClH/c1-18(2)28-22-13-11-21(12-14-22)24(27)25-17-23(26-15-5-4-6-16-26)20-9-7-19(3)8-10-20;/h7-14,18,23H,4-6,15-17H2,1-3H3,(H,25,27);1H. The zero-order valence-corrected chi connectivity index (χ0v) is 18.5. The first kappa shape index (κ1) is 23.2. The Balaban J connectivity index is 0.00000300. The topological polar surface area (TPSA) is 41.6 Å². The van der Waals surface area contributed by atoms with Gasteiger partial charge in [-0.05, 0) is 76.5 Å². The van der Waals surface area contributed by atoms with E-state index in [-0.39, 0.29) is 30.5 Å². The maximum atomic E-state index is 12.7. The average Bonchev–Trinajstić information content (AvgIpc) is 2.70. The van der Waals surface area contributed by atoms with Crippen molar-refractivity contribution in [1.29, 1.82) is 0 Å². The van der Waals surface area contributed by atoms with Gasteiger partial charge in [-0.15, -0.1) is 12.4 Å². The van der Waals surface area contributed by atoms with E-state index in [4.69, 9.17) is 4.74 Å². The Kier molecular flexibility index (Phi) is 8.99. The molecule has 29 heavy (non-hydrogen) atoms. The van der Waals surface area contributed by atoms with Crippen molar-refractivity contribution in [1.82, 2.24) is 10.2 Å². The maximum Gasteiger partial charge on any atom is 0.251 e. The number of carbonyl (C=O) groups is 1. The van der Waals surface area contributed by atoms with Crippen LogP contribution in [0.4, 0.5) is 0 Å². The quantitative estimate of drug-likeness (QED) is 0.677. The molecule has 1 fully saturated rings. The third-order valence-electron chi connectivity index (χ3n) is 5.24. The number of ether oxygens (including phenoxy) is 1. The molecule has 1 N–H and O–H groups in total. The van der Waals surface area contributed by atoms with Crippen molar-refractivity contribution in [2.45, 2.75) is 52.2 Å². The van der Waals surface area contributed by atoms with Crippen LogP contribution in [0.5, 0.6) is 5.75 Å². The lowest BCUT2D eigenvalue weighted by Crippen LogP contribution is -2.40. The van der Waals surface area contributed by atoms with Crippen molar-refractivity contribution in [2.24, 2.45) is 0 Å². The number of benzene rings is 2. The molecule has 1 atom stereocenters. The molecule has 0 radical (unpaired) electrons. The van der Waals surface area contributed by atoms with Gasteiger partial charge in [-0.3, -0.25) is 9.69 Å². The van der Waals surface area contributed by atoms with Crippen LogP contribution in [0.25, 0.3) is 0 Å². The molecule has 1 aliphatic heterocycles. The lowest BCUT2D eigenvalue weighted by molar-refractivity contribution is 0.0924. The summed E-state index contributed by atoms with van der Waals surface area (Å²) in [5.41, 5.74) is 3.19. The highest BCUT2D eigenvalue weighted by Crippen LogP contribution is 2.24. The summed E-state index contributed by atoms with van der Waals surface area (Å²) in [5, 5.41) is 3.15. The predicted molar refractivity (Wildman–Crippen MR) is 121 cm³/mol. The fourth-order valence-corrected chi connectivity index (χ4v) is 3.72. The molecule has 1 unspecified atom stereocenters. The Labute approximate surface area is 181 Å². The normalized spacial score (nSPS) is 15.4. The van der Waals surface area contributed by atoms with Gasteiger partial charge in [0.2, 0.25) is 0 Å². The molecule has 0 saturated carbocycles. The minimum atomic E-state index is -0.0368. The summed E-state index contributed by atoms with van der Waals surface area (Å²) in [5.74, 6) is 0.752. The van der Waals surface area contributed by atoms with Crippen LogP contribution in [0, 0.1) is 6.92 Å². The number of nitrogens with one attached hydrogen (secondary N) is 1. The molecular formula is C24H33ClN2O2. The molecule has 0 bridgehead atoms. The van der Waals surface area contributed by atoms with Gasteiger partial charge in [0.1, 0.15) is 5.75 Å². The lowest BCUT2D eigenvalue weighted by atomic mass is 10.0. The minimum absolute atomic E-state index is 0. The van der Waals surface area contributed by atoms with E-state index in [0.29, 0.717) is 12.1 Å². The molecule has 0 spiro atoms. The predicted octanol–water partition coefficient (Wildman–Crippen LogP) is 5.16. The van der Waals surface area contributed by atoms with Gasteiger partial charge < -0.3 is 10.1 Å². The van der Waals surface area contributed by atoms with Crippen molar-refractivity contribution >= 4 is 18.3 Å². The van der Waals surface area contributed by atoms with Gasteiger partial charge in [-0.25, -0.2) is 0 Å². The van der Waals surface area contributed by atoms with Crippen LogP contribution in [0.3, 0.4) is 0 Å². The molecule has 158 valence electrons. The van der Waals surface area contributed by atoms with Gasteiger partial charge in [0, 0.05) is 12.1 Å². The van der Waals surface area contributed by atoms with Crippen LogP contribution >= 0.6 is 12.4 Å². The molecule has 1 aliphatic rings. The monoisotopic (exact) mass is 416 g/mol. The summed E-state index contributed by atoms with van der Waals surface area (Å²) in [4.78, 5) is 15.2. The Bertz CT molecular complexity index is 753. The number of aryl methyl sites for hydroxylation is 1. The first-order chi connectivity index (χ1) is 13.5. The van der Waals surface area contributed by atoms with Crippen molar-refractivity contribution < 1.29 is 9.53 Å². The van der Waals surface area contributed by atoms with Gasteiger partial charge in [0.15, 0.2) is 0 Å². The van der Waals surface area contributed by atoms with Gasteiger partial charge in [-0.2, -0.15) is 0 Å². The highest BCUT2D eigenvalue weighted by molar-refractivity contribution is 5.94. The number of piperidine rings is 1. The average molecular weight is 417 g/mol. The summed E-state index contributed by atoms with van der Waals surface area (Å²) in [7, 11) is 0. The highest BCUT2D eigenvalue weighted by Gasteiger charge is 2.23. The van der Waals surface area contributed by atoms with Crippen LogP contribution < -0.4 is 10.1 Å². The maximum absolute atomic E-state index is 12.7. The van der Waals surface area contributed by atoms with Gasteiger partial charge in [-0.1, -0.05) is 36.2 Å². The number of amides is 1. The van der Waals surface area contributed by atoms with Crippen molar-refractivity contribution in [2.75, 3.05) is 19.6 Å². The van der Waals surface area contributed by atoms with Gasteiger partial charge in [0.25, 0.3) is 5.91 Å². The van der Waals surface area contributed by atoms with Crippen molar-refractivity contribution in [3.63, 3.8) is 0 Å². The molecule has 1 heterocycles. The Morgan fingerprint density at radius 1 is 1.00 bits per heavy atom. The molecule has 4 nitrogen and oxygen atoms in total. The fourth-order valence-electron chi connectivity index (χ4n) is 3.72. The van der Waals surface area contributed by atoms with Gasteiger partial charge in [0.05, 0.1) is 12.1 Å². The molecule has 1 amide bonds. The molecule has 1 saturated heterocycles. The van der Waals surface area contributed by atoms with Crippen LogP contribution in [0.15, 0.2) is 48.5 Å². The molecule has 5 heteroatoms.